The SMILES string of the molecule is COc1ccc2c(ccn2C(=O)O)n1. The van der Waals surface area contributed by atoms with Crippen LogP contribution >= 0.6 is 0 Å². The molecule has 0 spiro atoms. The number of carboxylic acid groups (broad SMARTS) is 1. The number of ether oxygens (including phenoxy) is 1. The van der Waals surface area contributed by atoms with Crippen molar-refractivity contribution in [1.82, 2.24) is 9.55 Å². The van der Waals surface area contributed by atoms with Gasteiger partial charge in [-0.2, -0.15) is 0 Å². The largest absolute Gasteiger partial charge is 0.481 e. The van der Waals surface area contributed by atoms with E-state index in [1.54, 1.807) is 18.2 Å². The average molecular weight is 192 g/mol. The van der Waals surface area contributed by atoms with Gasteiger partial charge in [-0.15, -0.1) is 0 Å². The Kier molecular flexibility index (Phi) is 1.85. The van der Waals surface area contributed by atoms with Crippen molar-refractivity contribution in [2.45, 2.75) is 0 Å². The monoisotopic (exact) mass is 192 g/mol. The van der Waals surface area contributed by atoms with E-state index in [4.69, 9.17) is 9.84 Å². The molecule has 0 fully saturated rings. The molecule has 0 aliphatic carbocycles. The summed E-state index contributed by atoms with van der Waals surface area (Å²) in [6.45, 7) is 0. The number of hydrogen-bond donors (Lipinski definition) is 1. The topological polar surface area (TPSA) is 64.3 Å². The Bertz CT molecular complexity index is 490. The van der Waals surface area contributed by atoms with Gasteiger partial charge >= 0.3 is 6.09 Å². The molecule has 0 unspecified atom stereocenters. The fourth-order valence-corrected chi connectivity index (χ4v) is 1.28. The van der Waals surface area contributed by atoms with Crippen LogP contribution in [0, 0.1) is 0 Å². The van der Waals surface area contributed by atoms with Gasteiger partial charge in [0, 0.05) is 12.3 Å². The first kappa shape index (κ1) is 8.55. The molecular weight excluding hydrogens is 184 g/mol. The number of fused-ring (bicyclic) bond motifs is 1. The van der Waals surface area contributed by atoms with E-state index in [9.17, 15) is 4.79 Å². The highest BCUT2D eigenvalue weighted by Gasteiger charge is 2.07. The first-order chi connectivity index (χ1) is 6.72. The zero-order valence-corrected chi connectivity index (χ0v) is 7.47. The van der Waals surface area contributed by atoms with Crippen molar-refractivity contribution < 1.29 is 14.6 Å². The second kappa shape index (κ2) is 3.02. The third-order valence-electron chi connectivity index (χ3n) is 1.93. The molecule has 0 saturated heterocycles. The molecule has 0 atom stereocenters. The Morgan fingerprint density at radius 1 is 1.50 bits per heavy atom. The van der Waals surface area contributed by atoms with E-state index in [-0.39, 0.29) is 0 Å². The standard InChI is InChI=1S/C9H8N2O3/c1-14-8-3-2-7-6(10-8)4-5-11(7)9(12)13/h2-5H,1H3,(H,12,13). The number of pyridine rings is 1. The van der Waals surface area contributed by atoms with Gasteiger partial charge in [0.1, 0.15) is 0 Å². The molecule has 72 valence electrons. The van der Waals surface area contributed by atoms with Crippen LogP contribution in [0.15, 0.2) is 24.4 Å². The van der Waals surface area contributed by atoms with Crippen molar-refractivity contribution in [1.29, 1.82) is 0 Å². The third-order valence-corrected chi connectivity index (χ3v) is 1.93. The molecule has 2 aromatic heterocycles. The highest BCUT2D eigenvalue weighted by Crippen LogP contribution is 2.17. The van der Waals surface area contributed by atoms with Crippen LogP contribution in [-0.4, -0.2) is 27.9 Å². The minimum absolute atomic E-state index is 0.473. The fraction of sp³-hybridized carbons (Fsp3) is 0.111. The van der Waals surface area contributed by atoms with Gasteiger partial charge in [0.2, 0.25) is 5.88 Å². The van der Waals surface area contributed by atoms with Gasteiger partial charge in [-0.3, -0.25) is 4.57 Å². The molecule has 0 radical (unpaired) electrons. The zero-order chi connectivity index (χ0) is 10.1. The molecule has 5 nitrogen and oxygen atoms in total. The summed E-state index contributed by atoms with van der Waals surface area (Å²) in [6.07, 6.45) is 0.436. The number of methoxy groups -OCH3 is 1. The molecule has 14 heavy (non-hydrogen) atoms. The van der Waals surface area contributed by atoms with Crippen LogP contribution in [0.2, 0.25) is 0 Å². The maximum absolute atomic E-state index is 10.7. The van der Waals surface area contributed by atoms with Gasteiger partial charge in [-0.25, -0.2) is 9.78 Å². The molecule has 5 heteroatoms. The Morgan fingerprint density at radius 3 is 2.93 bits per heavy atom. The van der Waals surface area contributed by atoms with Gasteiger partial charge in [0.15, 0.2) is 0 Å². The predicted molar refractivity (Wildman–Crippen MR) is 49.7 cm³/mol. The van der Waals surface area contributed by atoms with Crippen LogP contribution < -0.4 is 4.74 Å². The van der Waals surface area contributed by atoms with E-state index in [0.717, 1.165) is 4.57 Å². The fourth-order valence-electron chi connectivity index (χ4n) is 1.28. The number of nitrogens with zero attached hydrogens (tertiary/aromatic N) is 2. The normalized spacial score (nSPS) is 10.4. The Morgan fingerprint density at radius 2 is 2.29 bits per heavy atom. The molecular formula is C9H8N2O3. The van der Waals surface area contributed by atoms with Crippen LogP contribution in [0.4, 0.5) is 4.79 Å². The molecule has 2 aromatic rings. The molecule has 0 bridgehead atoms. The number of hydrogen-bond acceptors (Lipinski definition) is 3. The first-order valence-electron chi connectivity index (χ1n) is 3.98. The molecule has 0 aromatic carbocycles. The van der Waals surface area contributed by atoms with Crippen molar-refractivity contribution in [3.8, 4) is 5.88 Å². The zero-order valence-electron chi connectivity index (χ0n) is 7.47. The van der Waals surface area contributed by atoms with Gasteiger partial charge in [-0.1, -0.05) is 0 Å². The summed E-state index contributed by atoms with van der Waals surface area (Å²) in [4.78, 5) is 14.8. The Hall–Kier alpha value is -2.04. The minimum Gasteiger partial charge on any atom is -0.481 e. The van der Waals surface area contributed by atoms with Gasteiger partial charge in [0.25, 0.3) is 0 Å². The van der Waals surface area contributed by atoms with E-state index in [1.165, 1.54) is 13.3 Å². The van der Waals surface area contributed by atoms with Crippen LogP contribution in [0.1, 0.15) is 0 Å². The lowest BCUT2D eigenvalue weighted by atomic mass is 10.4. The summed E-state index contributed by atoms with van der Waals surface area (Å²) < 4.78 is 6.04. The second-order valence-corrected chi connectivity index (χ2v) is 2.73. The lowest BCUT2D eigenvalue weighted by Gasteiger charge is -1.99. The summed E-state index contributed by atoms with van der Waals surface area (Å²) in [5, 5.41) is 8.80. The van der Waals surface area contributed by atoms with Gasteiger partial charge < -0.3 is 9.84 Å². The van der Waals surface area contributed by atoms with E-state index >= 15 is 0 Å². The summed E-state index contributed by atoms with van der Waals surface area (Å²) in [5.41, 5.74) is 1.16. The molecule has 0 saturated carbocycles. The van der Waals surface area contributed by atoms with Crippen molar-refractivity contribution in [3.05, 3.63) is 24.4 Å². The van der Waals surface area contributed by atoms with Crippen molar-refractivity contribution in [2.75, 3.05) is 7.11 Å². The number of rotatable bonds is 1. The molecule has 0 aliphatic rings. The summed E-state index contributed by atoms with van der Waals surface area (Å²) in [5.74, 6) is 0.473. The molecule has 0 aliphatic heterocycles. The van der Waals surface area contributed by atoms with Crippen molar-refractivity contribution >= 4 is 17.1 Å². The highest BCUT2D eigenvalue weighted by atomic mass is 16.5. The lowest BCUT2D eigenvalue weighted by molar-refractivity contribution is 0.197. The summed E-state index contributed by atoms with van der Waals surface area (Å²) >= 11 is 0. The van der Waals surface area contributed by atoms with Crippen LogP contribution in [0.3, 0.4) is 0 Å². The van der Waals surface area contributed by atoms with Crippen molar-refractivity contribution in [3.63, 3.8) is 0 Å². The summed E-state index contributed by atoms with van der Waals surface area (Å²) in [6, 6.07) is 4.92. The van der Waals surface area contributed by atoms with E-state index in [2.05, 4.69) is 4.98 Å². The molecule has 2 heterocycles. The smallest absolute Gasteiger partial charge is 0.416 e. The minimum atomic E-state index is -1.02. The average Bonchev–Trinajstić information content (AvgIpc) is 2.59. The molecule has 0 amide bonds. The molecule has 1 N–H and O–H groups in total. The first-order valence-corrected chi connectivity index (χ1v) is 3.98. The third kappa shape index (κ3) is 1.19. The maximum atomic E-state index is 10.7. The maximum Gasteiger partial charge on any atom is 0.416 e. The Balaban J connectivity index is 2.65. The van der Waals surface area contributed by atoms with Gasteiger partial charge in [-0.05, 0) is 12.1 Å². The lowest BCUT2D eigenvalue weighted by Crippen LogP contribution is -2.05. The van der Waals surface area contributed by atoms with Crippen LogP contribution in [0.25, 0.3) is 11.0 Å². The van der Waals surface area contributed by atoms with E-state index in [1.807, 2.05) is 0 Å². The van der Waals surface area contributed by atoms with Crippen molar-refractivity contribution in [2.24, 2.45) is 0 Å². The number of aromatic nitrogens is 2. The summed E-state index contributed by atoms with van der Waals surface area (Å²) in [7, 11) is 1.52. The Labute approximate surface area is 79.6 Å². The predicted octanol–water partition coefficient (Wildman–Crippen LogP) is 1.57. The quantitative estimate of drug-likeness (QED) is 0.744. The van der Waals surface area contributed by atoms with E-state index < -0.39 is 6.09 Å². The molecule has 2 rings (SSSR count). The van der Waals surface area contributed by atoms with E-state index in [0.29, 0.717) is 16.9 Å². The van der Waals surface area contributed by atoms with Crippen LogP contribution in [0.5, 0.6) is 5.88 Å². The second-order valence-electron chi connectivity index (χ2n) is 2.73. The number of carbonyl (C=O) groups is 1. The highest BCUT2D eigenvalue weighted by molar-refractivity contribution is 5.86. The van der Waals surface area contributed by atoms with Crippen LogP contribution in [-0.2, 0) is 0 Å². The van der Waals surface area contributed by atoms with Gasteiger partial charge in [0.05, 0.1) is 18.1 Å².